The van der Waals surface area contributed by atoms with Crippen molar-refractivity contribution in [3.8, 4) is 12.3 Å². The first-order chi connectivity index (χ1) is 6.11. The first kappa shape index (κ1) is 10.4. The minimum atomic E-state index is -1.38. The fourth-order valence-corrected chi connectivity index (χ4v) is 1.24. The van der Waals surface area contributed by atoms with Gasteiger partial charge in [-0.3, -0.25) is 0 Å². The second kappa shape index (κ2) is 4.05. The molecule has 0 bridgehead atoms. The van der Waals surface area contributed by atoms with Crippen LogP contribution in [0.5, 0.6) is 0 Å². The first-order valence-electron chi connectivity index (χ1n) is 3.88. The topological polar surface area (TPSA) is 90.2 Å². The molecular weight excluding hydrogens is 176 g/mol. The Morgan fingerprint density at radius 2 is 1.77 bits per heavy atom. The quantitative estimate of drug-likeness (QED) is 0.340. The van der Waals surface area contributed by atoms with Crippen LogP contribution in [0.3, 0.4) is 0 Å². The number of ether oxygens (including phenoxy) is 1. The molecule has 1 fully saturated rings. The van der Waals surface area contributed by atoms with Gasteiger partial charge in [0.15, 0.2) is 0 Å². The molecule has 0 aliphatic carbocycles. The van der Waals surface area contributed by atoms with E-state index in [0.717, 1.165) is 0 Å². The molecule has 13 heavy (non-hydrogen) atoms. The lowest BCUT2D eigenvalue weighted by Gasteiger charge is -2.37. The molecule has 1 aliphatic heterocycles. The summed E-state index contributed by atoms with van der Waals surface area (Å²) < 4.78 is 4.93. The maximum Gasteiger partial charge on any atom is 0.146 e. The summed E-state index contributed by atoms with van der Waals surface area (Å²) in [6.45, 7) is -0.455. The third kappa shape index (κ3) is 1.82. The summed E-state index contributed by atoms with van der Waals surface area (Å²) in [6, 6.07) is 0. The molecular formula is C8H12O5. The highest BCUT2D eigenvalue weighted by Crippen LogP contribution is 2.20. The van der Waals surface area contributed by atoms with Crippen LogP contribution in [-0.4, -0.2) is 57.6 Å². The van der Waals surface area contributed by atoms with Crippen LogP contribution < -0.4 is 0 Å². The van der Waals surface area contributed by atoms with Crippen molar-refractivity contribution >= 4 is 0 Å². The molecule has 0 spiro atoms. The zero-order valence-electron chi connectivity index (χ0n) is 6.87. The molecule has 0 radical (unpaired) electrons. The zero-order valence-corrected chi connectivity index (χ0v) is 6.87. The smallest absolute Gasteiger partial charge is 0.146 e. The van der Waals surface area contributed by atoms with Gasteiger partial charge in [-0.1, -0.05) is 5.92 Å². The van der Waals surface area contributed by atoms with Crippen molar-refractivity contribution < 1.29 is 25.2 Å². The van der Waals surface area contributed by atoms with Crippen LogP contribution in [0.15, 0.2) is 0 Å². The van der Waals surface area contributed by atoms with Gasteiger partial charge in [-0.05, 0) is 0 Å². The molecule has 1 saturated heterocycles. The van der Waals surface area contributed by atoms with E-state index >= 15 is 0 Å². The Morgan fingerprint density at radius 3 is 2.23 bits per heavy atom. The van der Waals surface area contributed by atoms with E-state index in [1.54, 1.807) is 0 Å². The molecule has 0 aromatic carbocycles. The highest BCUT2D eigenvalue weighted by molar-refractivity contribution is 5.05. The van der Waals surface area contributed by atoms with E-state index in [0.29, 0.717) is 0 Å². The van der Waals surface area contributed by atoms with Gasteiger partial charge in [0.2, 0.25) is 0 Å². The summed E-state index contributed by atoms with van der Waals surface area (Å²) >= 11 is 0. The van der Waals surface area contributed by atoms with Crippen LogP contribution in [0.2, 0.25) is 0 Å². The number of hydrogen-bond acceptors (Lipinski definition) is 5. The Hall–Kier alpha value is -0.640. The van der Waals surface area contributed by atoms with Gasteiger partial charge < -0.3 is 25.2 Å². The predicted molar refractivity (Wildman–Crippen MR) is 42.6 cm³/mol. The van der Waals surface area contributed by atoms with Crippen molar-refractivity contribution in [1.82, 2.24) is 0 Å². The molecule has 74 valence electrons. The summed E-state index contributed by atoms with van der Waals surface area (Å²) in [7, 11) is 0. The van der Waals surface area contributed by atoms with Crippen LogP contribution in [0, 0.1) is 12.3 Å². The minimum Gasteiger partial charge on any atom is -0.394 e. The van der Waals surface area contributed by atoms with Crippen molar-refractivity contribution in [3.63, 3.8) is 0 Å². The maximum absolute atomic E-state index is 9.26. The van der Waals surface area contributed by atoms with Crippen LogP contribution in [-0.2, 0) is 4.74 Å². The largest absolute Gasteiger partial charge is 0.394 e. The van der Waals surface area contributed by atoms with Gasteiger partial charge in [0.25, 0.3) is 0 Å². The SMILES string of the molecule is C#C[C@H]1O[C@H](CO)[C@@H](O)[C@H](O)[C@@H]1O. The van der Waals surface area contributed by atoms with Gasteiger partial charge in [-0.25, -0.2) is 0 Å². The lowest BCUT2D eigenvalue weighted by molar-refractivity contribution is -0.214. The van der Waals surface area contributed by atoms with E-state index in [9.17, 15) is 15.3 Å². The van der Waals surface area contributed by atoms with Gasteiger partial charge in [-0.15, -0.1) is 6.42 Å². The minimum absolute atomic E-state index is 0.455. The zero-order chi connectivity index (χ0) is 10.0. The van der Waals surface area contributed by atoms with Crippen LogP contribution in [0.4, 0.5) is 0 Å². The first-order valence-corrected chi connectivity index (χ1v) is 3.88. The summed E-state index contributed by atoms with van der Waals surface area (Å²) in [5.74, 6) is 2.11. The number of hydrogen-bond donors (Lipinski definition) is 4. The van der Waals surface area contributed by atoms with E-state index in [4.69, 9.17) is 16.3 Å². The van der Waals surface area contributed by atoms with Crippen molar-refractivity contribution in [1.29, 1.82) is 0 Å². The molecule has 1 heterocycles. The Kier molecular flexibility index (Phi) is 3.25. The lowest BCUT2D eigenvalue weighted by Crippen LogP contribution is -2.58. The van der Waals surface area contributed by atoms with Crippen molar-refractivity contribution in [3.05, 3.63) is 0 Å². The molecule has 4 N–H and O–H groups in total. The predicted octanol–water partition coefficient (Wildman–Crippen LogP) is -2.54. The van der Waals surface area contributed by atoms with Crippen LogP contribution in [0.25, 0.3) is 0 Å². The monoisotopic (exact) mass is 188 g/mol. The number of aliphatic hydroxyl groups is 4. The third-order valence-corrected chi connectivity index (χ3v) is 2.06. The fourth-order valence-electron chi connectivity index (χ4n) is 1.24. The number of rotatable bonds is 1. The van der Waals surface area contributed by atoms with Crippen molar-refractivity contribution in [2.45, 2.75) is 30.5 Å². The lowest BCUT2D eigenvalue weighted by atomic mass is 9.96. The molecule has 5 nitrogen and oxygen atoms in total. The highest BCUT2D eigenvalue weighted by atomic mass is 16.5. The Labute approximate surface area is 75.6 Å². The van der Waals surface area contributed by atoms with E-state index < -0.39 is 37.1 Å². The second-order valence-electron chi connectivity index (χ2n) is 2.92. The fraction of sp³-hybridized carbons (Fsp3) is 0.750. The van der Waals surface area contributed by atoms with Crippen molar-refractivity contribution in [2.24, 2.45) is 0 Å². The highest BCUT2D eigenvalue weighted by Gasteiger charge is 2.42. The molecule has 0 saturated carbocycles. The molecule has 0 amide bonds. The second-order valence-corrected chi connectivity index (χ2v) is 2.92. The van der Waals surface area contributed by atoms with Gasteiger partial charge in [0, 0.05) is 0 Å². The normalized spacial score (nSPS) is 45.6. The Balaban J connectivity index is 2.73. The molecule has 1 rings (SSSR count). The summed E-state index contributed by atoms with van der Waals surface area (Å²) in [5.41, 5.74) is 0. The van der Waals surface area contributed by atoms with E-state index in [-0.39, 0.29) is 0 Å². The maximum atomic E-state index is 9.26. The molecule has 1 aliphatic rings. The summed E-state index contributed by atoms with van der Waals surface area (Å²) in [6.07, 6.45) is -0.941. The summed E-state index contributed by atoms with van der Waals surface area (Å²) in [4.78, 5) is 0. The van der Waals surface area contributed by atoms with Gasteiger partial charge >= 0.3 is 0 Å². The third-order valence-electron chi connectivity index (χ3n) is 2.06. The molecule has 0 aromatic heterocycles. The standard InChI is InChI=1S/C8H12O5/c1-2-4-6(10)8(12)7(11)5(3-9)13-4/h1,4-12H,3H2/t4-,5-,6-,7-,8-/m1/s1. The molecule has 0 aromatic rings. The summed E-state index contributed by atoms with van der Waals surface area (Å²) in [5, 5.41) is 36.5. The van der Waals surface area contributed by atoms with E-state index in [2.05, 4.69) is 5.92 Å². The van der Waals surface area contributed by atoms with Gasteiger partial charge in [0.1, 0.15) is 30.5 Å². The van der Waals surface area contributed by atoms with Crippen LogP contribution in [0.1, 0.15) is 0 Å². The van der Waals surface area contributed by atoms with Crippen LogP contribution >= 0.6 is 0 Å². The Morgan fingerprint density at radius 1 is 1.15 bits per heavy atom. The van der Waals surface area contributed by atoms with Crippen molar-refractivity contribution in [2.75, 3.05) is 6.61 Å². The van der Waals surface area contributed by atoms with Gasteiger partial charge in [0.05, 0.1) is 6.61 Å². The average molecular weight is 188 g/mol. The average Bonchev–Trinajstić information content (AvgIpc) is 2.15. The molecule has 0 unspecified atom stereocenters. The van der Waals surface area contributed by atoms with Gasteiger partial charge in [-0.2, -0.15) is 0 Å². The van der Waals surface area contributed by atoms with E-state index in [1.807, 2.05) is 0 Å². The number of aliphatic hydroxyl groups excluding tert-OH is 4. The Bertz CT molecular complexity index is 209. The molecule has 5 heteroatoms. The number of terminal acetylenes is 1. The van der Waals surface area contributed by atoms with E-state index in [1.165, 1.54) is 0 Å². The molecule has 5 atom stereocenters.